The maximum atomic E-state index is 12.0. The monoisotopic (exact) mass is 370 g/mol. The van der Waals surface area contributed by atoms with Crippen LogP contribution in [0.15, 0.2) is 17.5 Å². The molecule has 12 nitrogen and oxygen atoms in total. The number of carbonyl (C=O) groups is 3. The zero-order valence-electron chi connectivity index (χ0n) is 14.5. The Labute approximate surface area is 150 Å². The summed E-state index contributed by atoms with van der Waals surface area (Å²) < 4.78 is 0. The summed E-state index contributed by atoms with van der Waals surface area (Å²) in [5.74, 6) is -1.94. The van der Waals surface area contributed by atoms with Crippen molar-refractivity contribution in [2.24, 2.45) is 27.9 Å². The van der Waals surface area contributed by atoms with Gasteiger partial charge >= 0.3 is 0 Å². The van der Waals surface area contributed by atoms with Gasteiger partial charge < -0.3 is 38.3 Å². The van der Waals surface area contributed by atoms with Crippen molar-refractivity contribution in [1.29, 1.82) is 0 Å². The largest absolute Gasteiger partial charge is 0.481 e. The highest BCUT2D eigenvalue weighted by Gasteiger charge is 2.22. The molecule has 2 atom stereocenters. The van der Waals surface area contributed by atoms with Crippen LogP contribution >= 0.6 is 0 Å². The van der Waals surface area contributed by atoms with Crippen molar-refractivity contribution >= 4 is 23.7 Å². The molecule has 0 fully saturated rings. The molecule has 11 N–H and O–H groups in total. The van der Waals surface area contributed by atoms with Crippen LogP contribution in [0.5, 0.6) is 0 Å². The average Bonchev–Trinajstić information content (AvgIpc) is 3.02. The third-order valence-corrected chi connectivity index (χ3v) is 2.94. The lowest BCUT2D eigenvalue weighted by molar-refractivity contribution is -0.134. The second kappa shape index (κ2) is 12.2. The number of nitrogens with two attached hydrogens (primary N) is 4. The summed E-state index contributed by atoms with van der Waals surface area (Å²) in [5, 5.41) is 9.95. The van der Waals surface area contributed by atoms with Crippen LogP contribution in [-0.2, 0) is 20.8 Å². The number of carboxylic acid groups (broad SMARTS) is 1. The van der Waals surface area contributed by atoms with E-state index in [1.165, 1.54) is 6.33 Å². The molecule has 2 amide bonds. The molecular weight excluding hydrogens is 344 g/mol. The summed E-state index contributed by atoms with van der Waals surface area (Å²) in [5.41, 5.74) is 22.1. The van der Waals surface area contributed by atoms with E-state index in [4.69, 9.17) is 32.8 Å². The number of H-pyrrole nitrogens is 1. The van der Waals surface area contributed by atoms with Gasteiger partial charge in [-0.1, -0.05) is 0 Å². The molecule has 146 valence electrons. The Bertz CT molecular complexity index is 594. The van der Waals surface area contributed by atoms with Crippen molar-refractivity contribution in [3.63, 3.8) is 0 Å². The maximum Gasteiger partial charge on any atom is 0.300 e. The second-order valence-electron chi connectivity index (χ2n) is 5.32. The number of aromatic nitrogens is 2. The molecule has 1 heterocycles. The van der Waals surface area contributed by atoms with E-state index >= 15 is 0 Å². The van der Waals surface area contributed by atoms with E-state index in [0.717, 1.165) is 6.92 Å². The zero-order chi connectivity index (χ0) is 20.1. The highest BCUT2D eigenvalue weighted by atomic mass is 16.4. The van der Waals surface area contributed by atoms with Gasteiger partial charge in [0.2, 0.25) is 11.8 Å². The van der Waals surface area contributed by atoms with Gasteiger partial charge in [0.05, 0.1) is 12.4 Å². The number of amides is 2. The van der Waals surface area contributed by atoms with Gasteiger partial charge in [0.25, 0.3) is 5.97 Å². The fraction of sp³-hybridized carbons (Fsp3) is 0.500. The molecular formula is C14H26N8O4. The minimum atomic E-state index is -0.850. The van der Waals surface area contributed by atoms with Crippen molar-refractivity contribution in [3.05, 3.63) is 18.2 Å². The quantitative estimate of drug-likeness (QED) is 0.138. The molecule has 26 heavy (non-hydrogen) atoms. The summed E-state index contributed by atoms with van der Waals surface area (Å²) in [4.78, 5) is 42.8. The topological polar surface area (TPSA) is 229 Å². The van der Waals surface area contributed by atoms with Gasteiger partial charge in [-0.2, -0.15) is 0 Å². The Hall–Kier alpha value is -3.15. The standard InChI is InChI=1S/C12H22N8O2.C2H4O2/c13-8(2-1-3-18-12(15)16)11(22)20-9(10(14)21)4-7-5-17-6-19-7;1-2(3)4/h5-6,8-9H,1-4,13H2,(H2,14,21)(H,17,19)(H,20,22)(H4,15,16,18);1H3,(H,3,4)/t8-,9-;/m0./s1. The smallest absolute Gasteiger partial charge is 0.300 e. The Morgan fingerprint density at radius 1 is 1.35 bits per heavy atom. The first-order valence-electron chi connectivity index (χ1n) is 7.70. The number of aliphatic imine (C=N–C) groups is 1. The van der Waals surface area contributed by atoms with E-state index < -0.39 is 29.9 Å². The van der Waals surface area contributed by atoms with Gasteiger partial charge in [-0.05, 0) is 12.8 Å². The van der Waals surface area contributed by atoms with Crippen LogP contribution in [0.4, 0.5) is 0 Å². The number of nitrogens with one attached hydrogen (secondary N) is 2. The number of aromatic amines is 1. The molecule has 0 saturated heterocycles. The predicted octanol–water partition coefficient (Wildman–Crippen LogP) is -2.61. The normalized spacial score (nSPS) is 12.1. The number of primary amides is 1. The Kier molecular flexibility index (Phi) is 10.8. The number of hydrogen-bond donors (Lipinski definition) is 7. The highest BCUT2D eigenvalue weighted by Crippen LogP contribution is 2.01. The SMILES string of the molecule is CC(=O)O.NC(=O)[C@H](Cc1cnc[nH]1)NC(=O)[C@@H](N)CCCN=C(N)N. The van der Waals surface area contributed by atoms with Crippen molar-refractivity contribution in [2.75, 3.05) is 6.54 Å². The first-order valence-corrected chi connectivity index (χ1v) is 7.70. The summed E-state index contributed by atoms with van der Waals surface area (Å²) in [7, 11) is 0. The van der Waals surface area contributed by atoms with E-state index in [-0.39, 0.29) is 12.4 Å². The summed E-state index contributed by atoms with van der Waals surface area (Å²) in [6.07, 6.45) is 4.19. The number of aliphatic carboxylic acids is 1. The van der Waals surface area contributed by atoms with Gasteiger partial charge in [-0.3, -0.25) is 19.4 Å². The van der Waals surface area contributed by atoms with Crippen LogP contribution in [0.1, 0.15) is 25.5 Å². The lowest BCUT2D eigenvalue weighted by atomic mass is 10.1. The fourth-order valence-corrected chi connectivity index (χ4v) is 1.77. The number of carbonyl (C=O) groups excluding carboxylic acids is 2. The number of hydrogen-bond acceptors (Lipinski definition) is 6. The van der Waals surface area contributed by atoms with Crippen molar-refractivity contribution < 1.29 is 19.5 Å². The number of rotatable bonds is 9. The van der Waals surface area contributed by atoms with E-state index in [2.05, 4.69) is 20.3 Å². The molecule has 0 aliphatic carbocycles. The average molecular weight is 370 g/mol. The van der Waals surface area contributed by atoms with Gasteiger partial charge in [0.1, 0.15) is 6.04 Å². The van der Waals surface area contributed by atoms with E-state index in [9.17, 15) is 9.59 Å². The minimum absolute atomic E-state index is 0.00799. The molecule has 0 radical (unpaired) electrons. The van der Waals surface area contributed by atoms with Crippen LogP contribution in [0.3, 0.4) is 0 Å². The molecule has 0 saturated carbocycles. The molecule has 1 aromatic heterocycles. The maximum absolute atomic E-state index is 12.0. The third kappa shape index (κ3) is 11.4. The Balaban J connectivity index is 0.00000141. The van der Waals surface area contributed by atoms with E-state index in [1.54, 1.807) is 6.20 Å². The van der Waals surface area contributed by atoms with E-state index in [0.29, 0.717) is 25.1 Å². The molecule has 0 aromatic carbocycles. The summed E-state index contributed by atoms with van der Waals surface area (Å²) in [6.45, 7) is 1.47. The second-order valence-corrected chi connectivity index (χ2v) is 5.32. The molecule has 1 rings (SSSR count). The molecule has 0 bridgehead atoms. The Morgan fingerprint density at radius 3 is 2.42 bits per heavy atom. The van der Waals surface area contributed by atoms with Crippen LogP contribution in [0.25, 0.3) is 0 Å². The number of imidazole rings is 1. The fourth-order valence-electron chi connectivity index (χ4n) is 1.77. The van der Waals surface area contributed by atoms with Crippen LogP contribution < -0.4 is 28.3 Å². The number of carboxylic acids is 1. The summed E-state index contributed by atoms with van der Waals surface area (Å²) in [6, 6.07) is -1.62. The minimum Gasteiger partial charge on any atom is -0.481 e. The van der Waals surface area contributed by atoms with Crippen LogP contribution in [0.2, 0.25) is 0 Å². The predicted molar refractivity (Wildman–Crippen MR) is 94.6 cm³/mol. The molecule has 0 unspecified atom stereocenters. The lowest BCUT2D eigenvalue weighted by Crippen LogP contribution is -2.51. The molecule has 0 aliphatic heterocycles. The molecule has 12 heteroatoms. The van der Waals surface area contributed by atoms with Crippen LogP contribution in [-0.4, -0.2) is 57.4 Å². The third-order valence-electron chi connectivity index (χ3n) is 2.94. The first kappa shape index (κ1) is 22.9. The van der Waals surface area contributed by atoms with Crippen molar-refractivity contribution in [1.82, 2.24) is 15.3 Å². The highest BCUT2D eigenvalue weighted by molar-refractivity contribution is 5.89. The number of guanidine groups is 1. The van der Waals surface area contributed by atoms with Crippen LogP contribution in [0, 0.1) is 0 Å². The van der Waals surface area contributed by atoms with E-state index in [1.807, 2.05) is 0 Å². The first-order chi connectivity index (χ1) is 12.1. The van der Waals surface area contributed by atoms with Gasteiger partial charge in [-0.15, -0.1) is 0 Å². The molecule has 0 spiro atoms. The summed E-state index contributed by atoms with van der Waals surface area (Å²) >= 11 is 0. The van der Waals surface area contributed by atoms with Gasteiger partial charge in [0.15, 0.2) is 5.96 Å². The Morgan fingerprint density at radius 2 is 1.96 bits per heavy atom. The van der Waals surface area contributed by atoms with Crippen molar-refractivity contribution in [3.8, 4) is 0 Å². The van der Waals surface area contributed by atoms with Gasteiger partial charge in [0, 0.05) is 31.8 Å². The van der Waals surface area contributed by atoms with Gasteiger partial charge in [-0.25, -0.2) is 4.98 Å². The number of nitrogens with zero attached hydrogens (tertiary/aromatic N) is 2. The molecule has 1 aromatic rings. The molecule has 0 aliphatic rings. The lowest BCUT2D eigenvalue weighted by Gasteiger charge is -2.17. The van der Waals surface area contributed by atoms with Crippen molar-refractivity contribution in [2.45, 2.75) is 38.3 Å². The zero-order valence-corrected chi connectivity index (χ0v) is 14.5.